The monoisotopic (exact) mass is 675 g/mol. The molecule has 12 heteroatoms. The highest BCUT2D eigenvalue weighted by Crippen LogP contribution is 2.61. The standard InChI is InChI=1S/C36H43F2N7O2S/c1-21-28-15-23(36(28,2)3)16-30(21)43-35(44-13-10-39-25(19-37)20-44)41-24-6-8-27-31(17-24)42-32(33-40-11-14-48-33)45(34(27)46)12-9-22-5-7-26(47-4)18-29(22)38/h5-8,11,14,17-18,21,23,25,28,30,39H,9-10,12-13,15-16,19-20H2,1-4H3,(H,41,43)/t21-,23+,25-,28-,30?/m0/s1. The number of aromatic nitrogens is 3. The van der Waals surface area contributed by atoms with Gasteiger partial charge in [-0.05, 0) is 72.3 Å². The number of rotatable bonds is 8. The van der Waals surface area contributed by atoms with Crippen molar-refractivity contribution in [3.63, 3.8) is 0 Å². The summed E-state index contributed by atoms with van der Waals surface area (Å²) in [4.78, 5) is 30.9. The number of halogens is 2. The lowest BCUT2D eigenvalue weighted by Gasteiger charge is -2.61. The Morgan fingerprint density at radius 2 is 2.08 bits per heavy atom. The minimum atomic E-state index is -0.446. The zero-order chi connectivity index (χ0) is 33.6. The largest absolute Gasteiger partial charge is 0.497 e. The van der Waals surface area contributed by atoms with Gasteiger partial charge in [-0.3, -0.25) is 9.36 Å². The van der Waals surface area contributed by atoms with E-state index in [1.165, 1.54) is 30.9 Å². The maximum absolute atomic E-state index is 14.8. The fourth-order valence-corrected chi connectivity index (χ4v) is 8.62. The van der Waals surface area contributed by atoms with Crippen molar-refractivity contribution in [2.45, 2.75) is 58.7 Å². The quantitative estimate of drug-likeness (QED) is 0.175. The zero-order valence-electron chi connectivity index (χ0n) is 27.9. The number of hydrogen-bond acceptors (Lipinski definition) is 7. The second-order valence-corrected chi connectivity index (χ2v) is 14.9. The van der Waals surface area contributed by atoms with E-state index < -0.39 is 6.67 Å². The Hall–Kier alpha value is -3.90. The van der Waals surface area contributed by atoms with Gasteiger partial charge in [0.05, 0.1) is 30.1 Å². The van der Waals surface area contributed by atoms with E-state index in [0.29, 0.717) is 82.3 Å². The molecule has 9 nitrogen and oxygen atoms in total. The number of fused-ring (bicyclic) bond motifs is 3. The molecule has 254 valence electrons. The van der Waals surface area contributed by atoms with Crippen LogP contribution in [0.5, 0.6) is 5.75 Å². The van der Waals surface area contributed by atoms with Crippen LogP contribution < -0.4 is 20.9 Å². The molecule has 1 aliphatic heterocycles. The Morgan fingerprint density at radius 1 is 1.23 bits per heavy atom. The molecule has 4 aliphatic rings. The maximum atomic E-state index is 14.8. The lowest BCUT2D eigenvalue weighted by molar-refractivity contribution is -0.108. The van der Waals surface area contributed by atoms with Crippen LogP contribution in [0.1, 0.15) is 39.2 Å². The molecule has 4 fully saturated rings. The highest BCUT2D eigenvalue weighted by Gasteiger charge is 2.56. The summed E-state index contributed by atoms with van der Waals surface area (Å²) in [6.45, 7) is 8.78. The van der Waals surface area contributed by atoms with Gasteiger partial charge in [0, 0.05) is 49.5 Å². The Bertz CT molecular complexity index is 1880. The summed E-state index contributed by atoms with van der Waals surface area (Å²) in [5, 5.41) is 9.73. The Kier molecular flexibility index (Phi) is 8.97. The molecule has 0 amide bonds. The molecule has 2 N–H and O–H groups in total. The van der Waals surface area contributed by atoms with E-state index in [2.05, 4.69) is 41.3 Å². The SMILES string of the molecule is COc1ccc(CCn2c(-c3nccs3)nc3cc(N/C(=N/C4C[C@H]5C[C@@H]([C@@H]4C)C5(C)C)N4CCN[C@@H](CF)C4)ccc3c2=O)c(F)c1. The van der Waals surface area contributed by atoms with Crippen molar-refractivity contribution in [2.24, 2.45) is 28.2 Å². The molecular weight excluding hydrogens is 633 g/mol. The van der Waals surface area contributed by atoms with Gasteiger partial charge < -0.3 is 20.3 Å². The lowest BCUT2D eigenvalue weighted by atomic mass is 9.45. The maximum Gasteiger partial charge on any atom is 0.261 e. The summed E-state index contributed by atoms with van der Waals surface area (Å²) in [5.41, 5.74) is 1.89. The molecule has 0 radical (unpaired) electrons. The number of alkyl halides is 1. The van der Waals surface area contributed by atoms with Crippen molar-refractivity contribution in [1.29, 1.82) is 0 Å². The first kappa shape index (κ1) is 32.6. The number of guanidine groups is 1. The van der Waals surface area contributed by atoms with E-state index >= 15 is 0 Å². The Morgan fingerprint density at radius 3 is 2.79 bits per heavy atom. The highest BCUT2D eigenvalue weighted by atomic mass is 32.1. The van der Waals surface area contributed by atoms with Crippen LogP contribution in [0.25, 0.3) is 21.7 Å². The minimum Gasteiger partial charge on any atom is -0.497 e. The molecule has 2 bridgehead atoms. The fraction of sp³-hybridized carbons (Fsp3) is 0.500. The minimum absolute atomic E-state index is 0.181. The summed E-state index contributed by atoms with van der Waals surface area (Å²) >= 11 is 1.39. The predicted molar refractivity (Wildman–Crippen MR) is 187 cm³/mol. The molecule has 3 aliphatic carbocycles. The first-order valence-electron chi connectivity index (χ1n) is 16.8. The van der Waals surface area contributed by atoms with Crippen molar-refractivity contribution in [2.75, 3.05) is 38.7 Å². The molecule has 3 heterocycles. The number of nitrogens with zero attached hydrogens (tertiary/aromatic N) is 5. The van der Waals surface area contributed by atoms with Gasteiger partial charge in [0.25, 0.3) is 5.56 Å². The molecule has 2 aromatic carbocycles. The van der Waals surface area contributed by atoms with Crippen LogP contribution >= 0.6 is 11.3 Å². The van der Waals surface area contributed by atoms with Crippen molar-refractivity contribution in [3.05, 3.63) is 69.7 Å². The molecular formula is C36H43F2N7O2S. The number of hydrogen-bond donors (Lipinski definition) is 2. The van der Waals surface area contributed by atoms with Crippen LogP contribution in [-0.4, -0.2) is 70.9 Å². The Balaban J connectivity index is 1.22. The molecule has 4 aromatic rings. The summed E-state index contributed by atoms with van der Waals surface area (Å²) in [6.07, 6.45) is 4.29. The molecule has 8 rings (SSSR count). The summed E-state index contributed by atoms with van der Waals surface area (Å²) in [7, 11) is 1.50. The third-order valence-corrected chi connectivity index (χ3v) is 11.8. The van der Waals surface area contributed by atoms with Gasteiger partial charge >= 0.3 is 0 Å². The van der Waals surface area contributed by atoms with Crippen LogP contribution in [-0.2, 0) is 13.0 Å². The number of piperazine rings is 1. The van der Waals surface area contributed by atoms with Crippen molar-refractivity contribution in [1.82, 2.24) is 24.8 Å². The predicted octanol–water partition coefficient (Wildman–Crippen LogP) is 5.99. The zero-order valence-corrected chi connectivity index (χ0v) is 28.7. The number of ether oxygens (including phenoxy) is 1. The van der Waals surface area contributed by atoms with E-state index in [1.54, 1.807) is 29.0 Å². The van der Waals surface area contributed by atoms with Gasteiger partial charge in [-0.2, -0.15) is 0 Å². The average molecular weight is 676 g/mol. The van der Waals surface area contributed by atoms with Crippen molar-refractivity contribution < 1.29 is 13.5 Å². The van der Waals surface area contributed by atoms with Crippen molar-refractivity contribution >= 4 is 33.9 Å². The van der Waals surface area contributed by atoms with Gasteiger partial charge in [-0.25, -0.2) is 23.7 Å². The van der Waals surface area contributed by atoms with E-state index in [9.17, 15) is 13.6 Å². The number of anilines is 1. The molecule has 0 spiro atoms. The van der Waals surface area contributed by atoms with Crippen LogP contribution in [0.4, 0.5) is 14.5 Å². The second kappa shape index (κ2) is 13.2. The molecule has 1 saturated heterocycles. The topological polar surface area (TPSA) is 96.7 Å². The highest BCUT2D eigenvalue weighted by molar-refractivity contribution is 7.13. The van der Waals surface area contributed by atoms with Crippen LogP contribution in [0.2, 0.25) is 0 Å². The van der Waals surface area contributed by atoms with E-state index in [-0.39, 0.29) is 30.0 Å². The molecule has 3 saturated carbocycles. The number of methoxy groups -OCH3 is 1. The summed E-state index contributed by atoms with van der Waals surface area (Å²) in [6, 6.07) is 10.2. The first-order chi connectivity index (χ1) is 23.2. The summed E-state index contributed by atoms with van der Waals surface area (Å²) < 4.78 is 35.3. The van der Waals surface area contributed by atoms with Gasteiger partial charge in [0.1, 0.15) is 18.2 Å². The number of benzene rings is 2. The summed E-state index contributed by atoms with van der Waals surface area (Å²) in [5.74, 6) is 2.98. The number of aryl methyl sites for hydroxylation is 1. The van der Waals surface area contributed by atoms with Gasteiger partial charge in [0.15, 0.2) is 16.8 Å². The molecule has 1 unspecified atom stereocenters. The smallest absolute Gasteiger partial charge is 0.261 e. The van der Waals surface area contributed by atoms with Gasteiger partial charge in [-0.15, -0.1) is 11.3 Å². The van der Waals surface area contributed by atoms with Crippen molar-refractivity contribution in [3.8, 4) is 16.6 Å². The van der Waals surface area contributed by atoms with Crippen LogP contribution in [0.15, 0.2) is 57.8 Å². The third kappa shape index (κ3) is 6.09. The number of nitrogens with one attached hydrogen (secondary N) is 2. The molecule has 2 aromatic heterocycles. The number of thiazole rings is 1. The van der Waals surface area contributed by atoms with E-state index in [4.69, 9.17) is 14.7 Å². The molecule has 5 atom stereocenters. The second-order valence-electron chi connectivity index (χ2n) is 14.0. The third-order valence-electron chi connectivity index (χ3n) is 11.0. The molecule has 48 heavy (non-hydrogen) atoms. The van der Waals surface area contributed by atoms with Crippen LogP contribution in [0, 0.1) is 29.0 Å². The van der Waals surface area contributed by atoms with Gasteiger partial charge in [-0.1, -0.05) is 26.8 Å². The fourth-order valence-electron chi connectivity index (χ4n) is 7.99. The van der Waals surface area contributed by atoms with Gasteiger partial charge in [0.2, 0.25) is 0 Å². The average Bonchev–Trinajstić information content (AvgIpc) is 3.63. The van der Waals surface area contributed by atoms with E-state index in [0.717, 1.165) is 18.1 Å². The lowest BCUT2D eigenvalue weighted by Crippen LogP contribution is -2.58. The normalized spacial score (nSPS) is 25.2. The Labute approximate surface area is 283 Å². The first-order valence-corrected chi connectivity index (χ1v) is 17.7. The van der Waals surface area contributed by atoms with Crippen LogP contribution in [0.3, 0.4) is 0 Å². The van der Waals surface area contributed by atoms with E-state index in [1.807, 2.05) is 17.5 Å². The number of aliphatic imine (C=N–C) groups is 1.